The Morgan fingerprint density at radius 2 is 2.21 bits per heavy atom. The Morgan fingerprint density at radius 3 is 2.89 bits per heavy atom. The maximum absolute atomic E-state index is 12.2. The second-order valence-electron chi connectivity index (χ2n) is 5.88. The average Bonchev–Trinajstić information content (AvgIpc) is 3.01. The second kappa shape index (κ2) is 5.16. The van der Waals surface area contributed by atoms with Crippen LogP contribution in [0.2, 0.25) is 0 Å². The van der Waals surface area contributed by atoms with Gasteiger partial charge in [-0.1, -0.05) is 22.4 Å². The number of fused-ring (bicyclic) bond motifs is 2. The van der Waals surface area contributed by atoms with E-state index in [1.165, 1.54) is 25.7 Å². The Hall–Kier alpha value is -1.03. The number of carbonyl (C=O) groups excluding carboxylic acids is 1. The topological polar surface area (TPSA) is 55.1 Å². The van der Waals surface area contributed by atoms with E-state index in [-0.39, 0.29) is 5.91 Å². The van der Waals surface area contributed by atoms with Crippen molar-refractivity contribution in [1.29, 1.82) is 0 Å². The van der Waals surface area contributed by atoms with Crippen molar-refractivity contribution in [1.82, 2.24) is 5.32 Å². The molecular weight excluding hydrogens is 304 g/mol. The van der Waals surface area contributed by atoms with Crippen LogP contribution in [0.15, 0.2) is 22.7 Å². The van der Waals surface area contributed by atoms with Crippen LogP contribution in [0.4, 0.5) is 5.69 Å². The number of hydrogen-bond donors (Lipinski definition) is 2. The third kappa shape index (κ3) is 2.64. The minimum absolute atomic E-state index is 0.0541. The quantitative estimate of drug-likeness (QED) is 0.839. The van der Waals surface area contributed by atoms with Gasteiger partial charge < -0.3 is 11.1 Å². The Bertz CT molecular complexity index is 503. The molecule has 0 heterocycles. The number of benzene rings is 1. The summed E-state index contributed by atoms with van der Waals surface area (Å²) in [4.78, 5) is 12.2. The Labute approximate surface area is 122 Å². The fourth-order valence-corrected chi connectivity index (χ4v) is 4.03. The number of nitrogens with one attached hydrogen (secondary N) is 1. The van der Waals surface area contributed by atoms with Crippen LogP contribution < -0.4 is 11.1 Å². The summed E-state index contributed by atoms with van der Waals surface area (Å²) in [7, 11) is 0. The van der Waals surface area contributed by atoms with Gasteiger partial charge in [0.05, 0.1) is 5.56 Å². The molecule has 0 spiro atoms. The zero-order valence-corrected chi connectivity index (χ0v) is 12.4. The maximum Gasteiger partial charge on any atom is 0.253 e. The van der Waals surface area contributed by atoms with Gasteiger partial charge >= 0.3 is 0 Å². The van der Waals surface area contributed by atoms with E-state index in [0.717, 1.165) is 22.9 Å². The minimum atomic E-state index is -0.0541. The average molecular weight is 323 g/mol. The van der Waals surface area contributed by atoms with E-state index in [2.05, 4.69) is 21.2 Å². The summed E-state index contributed by atoms with van der Waals surface area (Å²) in [6.45, 7) is 0.798. The van der Waals surface area contributed by atoms with Crippen LogP contribution in [-0.2, 0) is 0 Å². The molecule has 0 saturated heterocycles. The first kappa shape index (κ1) is 13.0. The Balaban J connectivity index is 1.61. The number of amides is 1. The van der Waals surface area contributed by atoms with Crippen LogP contribution in [-0.4, -0.2) is 12.5 Å². The zero-order chi connectivity index (χ0) is 13.4. The van der Waals surface area contributed by atoms with Crippen molar-refractivity contribution in [2.75, 3.05) is 12.3 Å². The van der Waals surface area contributed by atoms with Gasteiger partial charge in [-0.3, -0.25) is 4.79 Å². The highest BCUT2D eigenvalue weighted by Gasteiger charge is 2.39. The number of carbonyl (C=O) groups is 1. The van der Waals surface area contributed by atoms with Gasteiger partial charge in [0.25, 0.3) is 5.91 Å². The molecule has 0 radical (unpaired) electrons. The largest absolute Gasteiger partial charge is 0.398 e. The summed E-state index contributed by atoms with van der Waals surface area (Å²) >= 11 is 3.37. The van der Waals surface area contributed by atoms with E-state index in [9.17, 15) is 4.79 Å². The number of nitrogen functional groups attached to an aromatic ring is 1. The predicted octanol–water partition coefficient (Wildman–Crippen LogP) is 3.20. The van der Waals surface area contributed by atoms with Crippen LogP contribution in [0, 0.1) is 17.8 Å². The van der Waals surface area contributed by atoms with Crippen LogP contribution in [0.3, 0.4) is 0 Å². The molecule has 3 unspecified atom stereocenters. The summed E-state index contributed by atoms with van der Waals surface area (Å²) in [5.41, 5.74) is 6.96. The SMILES string of the molecule is Nc1ccc(Br)cc1C(=O)NCC1CC2CCC1C2. The molecule has 2 bridgehead atoms. The van der Waals surface area contributed by atoms with Crippen molar-refractivity contribution in [3.63, 3.8) is 0 Å². The number of rotatable bonds is 3. The van der Waals surface area contributed by atoms with E-state index in [1.807, 2.05) is 6.07 Å². The predicted molar refractivity (Wildman–Crippen MR) is 79.8 cm³/mol. The van der Waals surface area contributed by atoms with E-state index in [0.29, 0.717) is 17.2 Å². The monoisotopic (exact) mass is 322 g/mol. The van der Waals surface area contributed by atoms with Gasteiger partial charge in [-0.25, -0.2) is 0 Å². The van der Waals surface area contributed by atoms with E-state index in [1.54, 1.807) is 12.1 Å². The second-order valence-corrected chi connectivity index (χ2v) is 6.79. The van der Waals surface area contributed by atoms with E-state index in [4.69, 9.17) is 5.73 Å². The van der Waals surface area contributed by atoms with Gasteiger partial charge in [0.15, 0.2) is 0 Å². The molecule has 0 aromatic heterocycles. The highest BCUT2D eigenvalue weighted by atomic mass is 79.9. The lowest BCUT2D eigenvalue weighted by molar-refractivity contribution is 0.0942. The van der Waals surface area contributed by atoms with E-state index < -0.39 is 0 Å². The molecule has 102 valence electrons. The molecule has 2 aliphatic carbocycles. The maximum atomic E-state index is 12.2. The van der Waals surface area contributed by atoms with Crippen LogP contribution in [0.5, 0.6) is 0 Å². The molecule has 4 heteroatoms. The smallest absolute Gasteiger partial charge is 0.253 e. The molecule has 1 aromatic rings. The Kier molecular flexibility index (Phi) is 3.52. The molecule has 3 atom stereocenters. The van der Waals surface area contributed by atoms with Gasteiger partial charge in [-0.2, -0.15) is 0 Å². The lowest BCUT2D eigenvalue weighted by Crippen LogP contribution is -2.32. The Morgan fingerprint density at radius 1 is 1.37 bits per heavy atom. The molecule has 1 amide bonds. The van der Waals surface area contributed by atoms with Crippen LogP contribution in [0.25, 0.3) is 0 Å². The normalized spacial score (nSPS) is 28.6. The molecule has 3 nitrogen and oxygen atoms in total. The molecule has 0 aliphatic heterocycles. The first-order valence-electron chi connectivity index (χ1n) is 6.96. The van der Waals surface area contributed by atoms with Crippen molar-refractivity contribution in [3.8, 4) is 0 Å². The first-order chi connectivity index (χ1) is 9.13. The van der Waals surface area contributed by atoms with Crippen molar-refractivity contribution in [2.45, 2.75) is 25.7 Å². The number of halogens is 1. The van der Waals surface area contributed by atoms with Crippen molar-refractivity contribution < 1.29 is 4.79 Å². The lowest BCUT2D eigenvalue weighted by Gasteiger charge is -2.22. The van der Waals surface area contributed by atoms with Gasteiger partial charge in [0, 0.05) is 16.7 Å². The summed E-state index contributed by atoms with van der Waals surface area (Å²) in [5.74, 6) is 2.38. The molecule has 2 aliphatic rings. The summed E-state index contributed by atoms with van der Waals surface area (Å²) in [6, 6.07) is 5.39. The molecule has 2 fully saturated rings. The first-order valence-corrected chi connectivity index (χ1v) is 7.76. The van der Waals surface area contributed by atoms with Gasteiger partial charge in [0.1, 0.15) is 0 Å². The molecular formula is C15H19BrN2O. The third-order valence-electron chi connectivity index (χ3n) is 4.67. The minimum Gasteiger partial charge on any atom is -0.398 e. The highest BCUT2D eigenvalue weighted by molar-refractivity contribution is 9.10. The summed E-state index contributed by atoms with van der Waals surface area (Å²) < 4.78 is 0.881. The fraction of sp³-hybridized carbons (Fsp3) is 0.533. The third-order valence-corrected chi connectivity index (χ3v) is 5.16. The number of hydrogen-bond acceptors (Lipinski definition) is 2. The van der Waals surface area contributed by atoms with Crippen LogP contribution in [0.1, 0.15) is 36.0 Å². The number of nitrogens with two attached hydrogens (primary N) is 1. The summed E-state index contributed by atoms with van der Waals surface area (Å²) in [5, 5.41) is 3.05. The molecule has 3 rings (SSSR count). The van der Waals surface area contributed by atoms with Crippen molar-refractivity contribution in [3.05, 3.63) is 28.2 Å². The number of anilines is 1. The fourth-order valence-electron chi connectivity index (χ4n) is 3.67. The molecule has 19 heavy (non-hydrogen) atoms. The van der Waals surface area contributed by atoms with Crippen molar-refractivity contribution >= 4 is 27.5 Å². The van der Waals surface area contributed by atoms with Crippen LogP contribution >= 0.6 is 15.9 Å². The lowest BCUT2D eigenvalue weighted by atomic mass is 9.89. The van der Waals surface area contributed by atoms with E-state index >= 15 is 0 Å². The summed E-state index contributed by atoms with van der Waals surface area (Å²) in [6.07, 6.45) is 5.41. The zero-order valence-electron chi connectivity index (χ0n) is 10.9. The van der Waals surface area contributed by atoms with Crippen molar-refractivity contribution in [2.24, 2.45) is 17.8 Å². The van der Waals surface area contributed by atoms with Gasteiger partial charge in [0.2, 0.25) is 0 Å². The molecule has 3 N–H and O–H groups in total. The highest BCUT2D eigenvalue weighted by Crippen LogP contribution is 2.47. The standard InChI is InChI=1S/C15H19BrN2O/c16-12-3-4-14(17)13(7-12)15(19)18-8-11-6-9-1-2-10(11)5-9/h3-4,7,9-11H,1-2,5-6,8,17H2,(H,18,19). The molecule has 2 saturated carbocycles. The van der Waals surface area contributed by atoms with Gasteiger partial charge in [-0.05, 0) is 55.2 Å². The molecule has 1 aromatic carbocycles. The van der Waals surface area contributed by atoms with Gasteiger partial charge in [-0.15, -0.1) is 0 Å².